The quantitative estimate of drug-likeness (QED) is 0.649. The topological polar surface area (TPSA) is 58.9 Å². The van der Waals surface area contributed by atoms with E-state index in [-0.39, 0.29) is 12.0 Å². The molecule has 0 amide bonds. The summed E-state index contributed by atoms with van der Waals surface area (Å²) < 4.78 is 11.0. The van der Waals surface area contributed by atoms with Crippen LogP contribution in [0.3, 0.4) is 0 Å². The van der Waals surface area contributed by atoms with Crippen LogP contribution in [0.1, 0.15) is 39.2 Å². The van der Waals surface area contributed by atoms with Gasteiger partial charge in [-0.15, -0.1) is 0 Å². The van der Waals surface area contributed by atoms with Crippen LogP contribution in [0, 0.1) is 5.92 Å². The number of benzene rings is 1. The van der Waals surface area contributed by atoms with Gasteiger partial charge in [-0.25, -0.2) is 0 Å². The molecule has 23 heavy (non-hydrogen) atoms. The lowest BCUT2D eigenvalue weighted by molar-refractivity contribution is 0.00440. The molecule has 0 fully saturated rings. The average Bonchev–Trinajstić information content (AvgIpc) is 2.53. The van der Waals surface area contributed by atoms with Crippen LogP contribution in [0.5, 0.6) is 5.75 Å². The Hall–Kier alpha value is -1.36. The highest BCUT2D eigenvalue weighted by atomic mass is 16.5. The molecule has 0 heterocycles. The molecule has 0 aliphatic carbocycles. The van der Waals surface area contributed by atoms with E-state index in [0.29, 0.717) is 19.4 Å². The third-order valence-electron chi connectivity index (χ3n) is 3.82. The van der Waals surface area contributed by atoms with Crippen LogP contribution < -0.4 is 4.74 Å². The Morgan fingerprint density at radius 1 is 1.09 bits per heavy atom. The molecule has 3 atom stereocenters. The van der Waals surface area contributed by atoms with Crippen LogP contribution in [-0.2, 0) is 11.3 Å². The molecule has 0 unspecified atom stereocenters. The predicted octanol–water partition coefficient (Wildman–Crippen LogP) is 3.31. The first kappa shape index (κ1) is 19.7. The molecule has 0 aromatic heterocycles. The monoisotopic (exact) mass is 322 g/mol. The lowest BCUT2D eigenvalue weighted by Crippen LogP contribution is -2.26. The molecular weight excluding hydrogens is 292 g/mol. The van der Waals surface area contributed by atoms with Gasteiger partial charge in [0.2, 0.25) is 0 Å². The lowest BCUT2D eigenvalue weighted by Gasteiger charge is -2.22. The Labute approximate surface area is 139 Å². The van der Waals surface area contributed by atoms with E-state index in [4.69, 9.17) is 9.47 Å². The van der Waals surface area contributed by atoms with Crippen LogP contribution in [0.15, 0.2) is 36.4 Å². The second kappa shape index (κ2) is 10.4. The number of methoxy groups -OCH3 is 1. The van der Waals surface area contributed by atoms with Gasteiger partial charge < -0.3 is 19.7 Å². The number of allylic oxidation sites excluding steroid dienone is 1. The van der Waals surface area contributed by atoms with Crippen LogP contribution in [0.25, 0.3) is 0 Å². The highest BCUT2D eigenvalue weighted by molar-refractivity contribution is 5.26. The minimum Gasteiger partial charge on any atom is -0.497 e. The maximum absolute atomic E-state index is 10.1. The first-order chi connectivity index (χ1) is 11.0. The van der Waals surface area contributed by atoms with Crippen molar-refractivity contribution in [2.45, 2.75) is 58.5 Å². The van der Waals surface area contributed by atoms with E-state index in [9.17, 15) is 10.2 Å². The summed E-state index contributed by atoms with van der Waals surface area (Å²) in [7, 11) is 1.64. The molecule has 0 aliphatic heterocycles. The molecule has 130 valence electrons. The summed E-state index contributed by atoms with van der Waals surface area (Å²) in [5, 5.41) is 20.0. The normalized spacial score (nSPS) is 15.8. The van der Waals surface area contributed by atoms with E-state index in [1.54, 1.807) is 7.11 Å². The van der Waals surface area contributed by atoms with E-state index in [1.807, 2.05) is 57.2 Å². The Morgan fingerprint density at radius 2 is 1.74 bits per heavy atom. The van der Waals surface area contributed by atoms with Gasteiger partial charge in [0.1, 0.15) is 5.75 Å². The average molecular weight is 322 g/mol. The standard InChI is InChI=1S/C19H30O4/c1-5-6-18(11-16(20)12-19(21)14(2)3)23-13-15-7-9-17(22-4)10-8-15/h5-10,14,16,18-21H,11-13H2,1-4H3/b6-5+/t16-,18+,19-/m1/s1. The van der Waals surface area contributed by atoms with E-state index in [2.05, 4.69) is 0 Å². The molecule has 4 nitrogen and oxygen atoms in total. The lowest BCUT2D eigenvalue weighted by atomic mass is 9.98. The number of hydrogen-bond donors (Lipinski definition) is 2. The van der Waals surface area contributed by atoms with Gasteiger partial charge in [-0.3, -0.25) is 0 Å². The van der Waals surface area contributed by atoms with Crippen LogP contribution >= 0.6 is 0 Å². The summed E-state index contributed by atoms with van der Waals surface area (Å²) in [5.74, 6) is 0.960. The van der Waals surface area contributed by atoms with Gasteiger partial charge in [-0.05, 0) is 37.0 Å². The molecule has 0 radical (unpaired) electrons. The van der Waals surface area contributed by atoms with Crippen molar-refractivity contribution in [3.8, 4) is 5.75 Å². The van der Waals surface area contributed by atoms with Gasteiger partial charge in [0.25, 0.3) is 0 Å². The number of aliphatic hydroxyl groups excluding tert-OH is 2. The SMILES string of the molecule is C/C=C/[C@@H](C[C@@H](O)C[C@@H](O)C(C)C)OCc1ccc(OC)cc1. The molecule has 1 aromatic rings. The number of ether oxygens (including phenoxy) is 2. The van der Waals surface area contributed by atoms with Crippen molar-refractivity contribution in [3.05, 3.63) is 42.0 Å². The Kier molecular flexibility index (Phi) is 8.92. The van der Waals surface area contributed by atoms with Gasteiger partial charge >= 0.3 is 0 Å². The number of hydrogen-bond acceptors (Lipinski definition) is 4. The van der Waals surface area contributed by atoms with Gasteiger partial charge in [-0.1, -0.05) is 38.1 Å². The van der Waals surface area contributed by atoms with Crippen molar-refractivity contribution in [2.24, 2.45) is 5.92 Å². The molecule has 0 spiro atoms. The van der Waals surface area contributed by atoms with E-state index < -0.39 is 12.2 Å². The summed E-state index contributed by atoms with van der Waals surface area (Å²) in [4.78, 5) is 0. The van der Waals surface area contributed by atoms with Crippen molar-refractivity contribution in [1.82, 2.24) is 0 Å². The zero-order chi connectivity index (χ0) is 17.2. The molecule has 4 heteroatoms. The Bertz CT molecular complexity index is 453. The summed E-state index contributed by atoms with van der Waals surface area (Å²) in [6.45, 7) is 6.29. The van der Waals surface area contributed by atoms with E-state index >= 15 is 0 Å². The Morgan fingerprint density at radius 3 is 2.26 bits per heavy atom. The minimum atomic E-state index is -0.579. The maximum atomic E-state index is 10.1. The predicted molar refractivity (Wildman–Crippen MR) is 92.5 cm³/mol. The van der Waals surface area contributed by atoms with Gasteiger partial charge in [0, 0.05) is 6.42 Å². The molecule has 0 saturated heterocycles. The molecule has 0 aliphatic rings. The second-order valence-electron chi connectivity index (χ2n) is 6.16. The first-order valence-electron chi connectivity index (χ1n) is 8.19. The fourth-order valence-electron chi connectivity index (χ4n) is 2.26. The van der Waals surface area contributed by atoms with Crippen LogP contribution in [0.2, 0.25) is 0 Å². The summed E-state index contributed by atoms with van der Waals surface area (Å²) in [6, 6.07) is 7.73. The molecular formula is C19H30O4. The van der Waals surface area contributed by atoms with Crippen molar-refractivity contribution in [1.29, 1.82) is 0 Å². The smallest absolute Gasteiger partial charge is 0.118 e. The highest BCUT2D eigenvalue weighted by Crippen LogP contribution is 2.17. The summed E-state index contributed by atoms with van der Waals surface area (Å²) >= 11 is 0. The number of aliphatic hydroxyl groups is 2. The van der Waals surface area contributed by atoms with Crippen molar-refractivity contribution < 1.29 is 19.7 Å². The van der Waals surface area contributed by atoms with Crippen molar-refractivity contribution >= 4 is 0 Å². The van der Waals surface area contributed by atoms with Crippen LogP contribution in [0.4, 0.5) is 0 Å². The second-order valence-corrected chi connectivity index (χ2v) is 6.16. The van der Waals surface area contributed by atoms with E-state index in [1.165, 1.54) is 0 Å². The molecule has 0 bridgehead atoms. The van der Waals surface area contributed by atoms with Gasteiger partial charge in [0.15, 0.2) is 0 Å². The zero-order valence-electron chi connectivity index (χ0n) is 14.6. The van der Waals surface area contributed by atoms with E-state index in [0.717, 1.165) is 11.3 Å². The number of rotatable bonds is 10. The molecule has 2 N–H and O–H groups in total. The van der Waals surface area contributed by atoms with Gasteiger partial charge in [0.05, 0.1) is 32.0 Å². The largest absolute Gasteiger partial charge is 0.497 e. The fourth-order valence-corrected chi connectivity index (χ4v) is 2.26. The van der Waals surface area contributed by atoms with Crippen molar-refractivity contribution in [2.75, 3.05) is 7.11 Å². The first-order valence-corrected chi connectivity index (χ1v) is 8.19. The third-order valence-corrected chi connectivity index (χ3v) is 3.82. The molecule has 1 aromatic carbocycles. The van der Waals surface area contributed by atoms with Gasteiger partial charge in [-0.2, -0.15) is 0 Å². The fraction of sp³-hybridized carbons (Fsp3) is 0.579. The zero-order valence-corrected chi connectivity index (χ0v) is 14.6. The third kappa shape index (κ3) is 7.64. The minimum absolute atomic E-state index is 0.144. The van der Waals surface area contributed by atoms with Crippen LogP contribution in [-0.4, -0.2) is 35.6 Å². The summed E-state index contributed by atoms with van der Waals surface area (Å²) in [5.41, 5.74) is 1.05. The highest BCUT2D eigenvalue weighted by Gasteiger charge is 2.18. The Balaban J connectivity index is 2.50. The van der Waals surface area contributed by atoms with Crippen molar-refractivity contribution in [3.63, 3.8) is 0 Å². The summed E-state index contributed by atoms with van der Waals surface area (Å²) in [6.07, 6.45) is 3.47. The maximum Gasteiger partial charge on any atom is 0.118 e. The molecule has 0 saturated carbocycles. The molecule has 1 rings (SSSR count).